The molecule has 1 N–H and O–H groups in total. The molecule has 106 valence electrons. The molecule has 0 amide bonds. The fraction of sp³-hybridized carbons (Fsp3) is 0.333. The number of aryl methyl sites for hydroxylation is 2. The highest BCUT2D eigenvalue weighted by atomic mass is 16.3. The van der Waals surface area contributed by atoms with Crippen LogP contribution in [0.3, 0.4) is 0 Å². The Bertz CT molecular complexity index is 572. The summed E-state index contributed by atoms with van der Waals surface area (Å²) in [4.78, 5) is 2.06. The van der Waals surface area contributed by atoms with Gasteiger partial charge in [0.15, 0.2) is 0 Å². The van der Waals surface area contributed by atoms with E-state index in [1.807, 2.05) is 38.4 Å². The maximum atomic E-state index is 10.4. The predicted molar refractivity (Wildman–Crippen MR) is 85.3 cm³/mol. The van der Waals surface area contributed by atoms with Crippen molar-refractivity contribution in [3.63, 3.8) is 0 Å². The second-order valence-electron chi connectivity index (χ2n) is 5.64. The van der Waals surface area contributed by atoms with Gasteiger partial charge in [-0.3, -0.25) is 0 Å². The van der Waals surface area contributed by atoms with Crippen molar-refractivity contribution in [3.05, 3.63) is 64.7 Å². The van der Waals surface area contributed by atoms with Gasteiger partial charge in [-0.05, 0) is 42.7 Å². The van der Waals surface area contributed by atoms with Crippen LogP contribution in [0.5, 0.6) is 0 Å². The average Bonchev–Trinajstić information content (AvgIpc) is 2.43. The van der Waals surface area contributed by atoms with Crippen LogP contribution in [0.4, 0.5) is 5.69 Å². The lowest BCUT2D eigenvalue weighted by atomic mass is 9.96. The zero-order chi connectivity index (χ0) is 14.7. The zero-order valence-electron chi connectivity index (χ0n) is 12.7. The van der Waals surface area contributed by atoms with Gasteiger partial charge < -0.3 is 10.0 Å². The minimum atomic E-state index is -0.452. The number of hydrogen-bond donors (Lipinski definition) is 1. The zero-order valence-corrected chi connectivity index (χ0v) is 12.7. The highest BCUT2D eigenvalue weighted by Gasteiger charge is 2.10. The standard InChI is InChI=1S/C18H23NO/c1-13-5-6-14(2)16(11-13)12-18(20)15-7-9-17(10-8-15)19(3)4/h5-11,18,20H,12H2,1-4H3. The number of aliphatic hydroxyl groups excluding tert-OH is 1. The van der Waals surface area contributed by atoms with Gasteiger partial charge in [-0.2, -0.15) is 0 Å². The molecular weight excluding hydrogens is 246 g/mol. The van der Waals surface area contributed by atoms with Gasteiger partial charge in [0.05, 0.1) is 6.10 Å². The molecule has 20 heavy (non-hydrogen) atoms. The molecule has 0 aliphatic carbocycles. The first-order valence-electron chi connectivity index (χ1n) is 6.99. The van der Waals surface area contributed by atoms with Crippen molar-refractivity contribution in [2.45, 2.75) is 26.4 Å². The summed E-state index contributed by atoms with van der Waals surface area (Å²) in [5, 5.41) is 10.4. The van der Waals surface area contributed by atoms with Crippen LogP contribution in [0.15, 0.2) is 42.5 Å². The molecular formula is C18H23NO. The minimum Gasteiger partial charge on any atom is -0.388 e. The highest BCUT2D eigenvalue weighted by Crippen LogP contribution is 2.23. The van der Waals surface area contributed by atoms with Crippen molar-refractivity contribution >= 4 is 5.69 Å². The maximum absolute atomic E-state index is 10.4. The van der Waals surface area contributed by atoms with Crippen molar-refractivity contribution in [2.24, 2.45) is 0 Å². The van der Waals surface area contributed by atoms with E-state index in [1.165, 1.54) is 16.7 Å². The Hall–Kier alpha value is -1.80. The Balaban J connectivity index is 2.15. The molecule has 0 bridgehead atoms. The molecule has 2 rings (SSSR count). The van der Waals surface area contributed by atoms with Crippen LogP contribution >= 0.6 is 0 Å². The predicted octanol–water partition coefficient (Wildman–Crippen LogP) is 3.65. The summed E-state index contributed by atoms with van der Waals surface area (Å²) in [5.74, 6) is 0. The molecule has 2 aromatic rings. The lowest BCUT2D eigenvalue weighted by Crippen LogP contribution is -2.09. The van der Waals surface area contributed by atoms with Gasteiger partial charge in [0.25, 0.3) is 0 Å². The van der Waals surface area contributed by atoms with E-state index in [0.29, 0.717) is 6.42 Å². The van der Waals surface area contributed by atoms with Crippen molar-refractivity contribution in [2.75, 3.05) is 19.0 Å². The molecule has 0 saturated carbocycles. The molecule has 1 atom stereocenters. The van der Waals surface area contributed by atoms with Gasteiger partial charge in [0, 0.05) is 26.2 Å². The summed E-state index contributed by atoms with van der Waals surface area (Å²) in [6, 6.07) is 14.5. The van der Waals surface area contributed by atoms with E-state index < -0.39 is 6.10 Å². The number of rotatable bonds is 4. The van der Waals surface area contributed by atoms with Crippen LogP contribution in [0, 0.1) is 13.8 Å². The molecule has 0 aromatic heterocycles. The average molecular weight is 269 g/mol. The smallest absolute Gasteiger partial charge is 0.0830 e. The molecule has 0 heterocycles. The second kappa shape index (κ2) is 6.10. The Morgan fingerprint density at radius 3 is 2.25 bits per heavy atom. The molecule has 2 nitrogen and oxygen atoms in total. The molecule has 0 aliphatic rings. The number of anilines is 1. The molecule has 1 unspecified atom stereocenters. The fourth-order valence-corrected chi connectivity index (χ4v) is 2.34. The van der Waals surface area contributed by atoms with E-state index in [2.05, 4.69) is 36.9 Å². The van der Waals surface area contributed by atoms with E-state index in [1.54, 1.807) is 0 Å². The summed E-state index contributed by atoms with van der Waals surface area (Å²) in [5.41, 5.74) is 5.80. The van der Waals surface area contributed by atoms with Crippen molar-refractivity contribution in [1.29, 1.82) is 0 Å². The molecule has 0 aliphatic heterocycles. The van der Waals surface area contributed by atoms with Crippen LogP contribution < -0.4 is 4.90 Å². The number of nitrogens with zero attached hydrogens (tertiary/aromatic N) is 1. The van der Waals surface area contributed by atoms with Gasteiger partial charge >= 0.3 is 0 Å². The molecule has 0 saturated heterocycles. The van der Waals surface area contributed by atoms with Crippen molar-refractivity contribution in [3.8, 4) is 0 Å². The Morgan fingerprint density at radius 1 is 1.00 bits per heavy atom. The summed E-state index contributed by atoms with van der Waals surface area (Å²) < 4.78 is 0. The first-order valence-corrected chi connectivity index (χ1v) is 6.99. The van der Waals surface area contributed by atoms with E-state index in [4.69, 9.17) is 0 Å². The molecule has 0 spiro atoms. The normalized spacial score (nSPS) is 12.2. The van der Waals surface area contributed by atoms with Crippen molar-refractivity contribution in [1.82, 2.24) is 0 Å². The van der Waals surface area contributed by atoms with Crippen LogP contribution in [-0.2, 0) is 6.42 Å². The molecule has 2 aromatic carbocycles. The Morgan fingerprint density at radius 2 is 1.65 bits per heavy atom. The third kappa shape index (κ3) is 3.40. The molecule has 0 radical (unpaired) electrons. The molecule has 2 heteroatoms. The third-order valence-electron chi connectivity index (χ3n) is 3.71. The van der Waals surface area contributed by atoms with Gasteiger partial charge in [-0.1, -0.05) is 35.9 Å². The lowest BCUT2D eigenvalue weighted by Gasteiger charge is -2.16. The van der Waals surface area contributed by atoms with Crippen LogP contribution in [0.25, 0.3) is 0 Å². The summed E-state index contributed by atoms with van der Waals surface area (Å²) in [6.45, 7) is 4.18. The van der Waals surface area contributed by atoms with E-state index in [-0.39, 0.29) is 0 Å². The number of benzene rings is 2. The summed E-state index contributed by atoms with van der Waals surface area (Å²) in [6.07, 6.45) is 0.209. The minimum absolute atomic E-state index is 0.452. The summed E-state index contributed by atoms with van der Waals surface area (Å²) in [7, 11) is 4.03. The maximum Gasteiger partial charge on any atom is 0.0830 e. The topological polar surface area (TPSA) is 23.5 Å². The summed E-state index contributed by atoms with van der Waals surface area (Å²) >= 11 is 0. The molecule has 0 fully saturated rings. The van der Waals surface area contributed by atoms with Gasteiger partial charge in [0.2, 0.25) is 0 Å². The fourth-order valence-electron chi connectivity index (χ4n) is 2.34. The van der Waals surface area contributed by atoms with Crippen LogP contribution in [0.1, 0.15) is 28.4 Å². The number of hydrogen-bond acceptors (Lipinski definition) is 2. The van der Waals surface area contributed by atoms with E-state index >= 15 is 0 Å². The monoisotopic (exact) mass is 269 g/mol. The van der Waals surface area contributed by atoms with Crippen LogP contribution in [-0.4, -0.2) is 19.2 Å². The largest absolute Gasteiger partial charge is 0.388 e. The number of aliphatic hydroxyl groups is 1. The quantitative estimate of drug-likeness (QED) is 0.916. The first kappa shape index (κ1) is 14.6. The van der Waals surface area contributed by atoms with Crippen LogP contribution in [0.2, 0.25) is 0 Å². The third-order valence-corrected chi connectivity index (χ3v) is 3.71. The van der Waals surface area contributed by atoms with Gasteiger partial charge in [0.1, 0.15) is 0 Å². The highest BCUT2D eigenvalue weighted by molar-refractivity contribution is 5.46. The SMILES string of the molecule is Cc1ccc(C)c(CC(O)c2ccc(N(C)C)cc2)c1. The Kier molecular flexibility index (Phi) is 4.46. The van der Waals surface area contributed by atoms with E-state index in [0.717, 1.165) is 11.3 Å². The van der Waals surface area contributed by atoms with E-state index in [9.17, 15) is 5.11 Å². The van der Waals surface area contributed by atoms with Gasteiger partial charge in [-0.15, -0.1) is 0 Å². The Labute approximate surface area is 121 Å². The van der Waals surface area contributed by atoms with Crippen molar-refractivity contribution < 1.29 is 5.11 Å². The first-order chi connectivity index (χ1) is 9.47. The lowest BCUT2D eigenvalue weighted by molar-refractivity contribution is 0.178. The van der Waals surface area contributed by atoms with Gasteiger partial charge in [-0.25, -0.2) is 0 Å². The second-order valence-corrected chi connectivity index (χ2v) is 5.64.